The minimum absolute atomic E-state index is 0.0191. The van der Waals surface area contributed by atoms with Crippen molar-refractivity contribution in [1.29, 1.82) is 0 Å². The van der Waals surface area contributed by atoms with Gasteiger partial charge in [-0.05, 0) is 43.2 Å². The van der Waals surface area contributed by atoms with E-state index in [1.807, 2.05) is 13.1 Å². The Hall–Kier alpha value is -2.11. The van der Waals surface area contributed by atoms with E-state index in [4.69, 9.17) is 9.47 Å². The molecule has 154 valence electrons. The van der Waals surface area contributed by atoms with E-state index >= 15 is 0 Å². The first-order valence-electron chi connectivity index (χ1n) is 8.56. The molecule has 1 aliphatic rings. The van der Waals surface area contributed by atoms with Crippen LogP contribution in [0.2, 0.25) is 0 Å². The molecule has 28 heavy (non-hydrogen) atoms. The zero-order chi connectivity index (χ0) is 20.4. The molecule has 3 rings (SSSR count). The highest BCUT2D eigenvalue weighted by atomic mass is 32.2. The van der Waals surface area contributed by atoms with E-state index in [1.165, 1.54) is 0 Å². The molecule has 1 fully saturated rings. The molecule has 1 aromatic carbocycles. The molecule has 0 amide bonds. The van der Waals surface area contributed by atoms with E-state index in [0.29, 0.717) is 5.75 Å². The van der Waals surface area contributed by atoms with Crippen LogP contribution in [-0.2, 0) is 14.8 Å². The highest BCUT2D eigenvalue weighted by Gasteiger charge is 2.48. The molecule has 0 saturated carbocycles. The second kappa shape index (κ2) is 8.10. The monoisotopic (exact) mass is 419 g/mol. The molecule has 1 aliphatic heterocycles. The van der Waals surface area contributed by atoms with Gasteiger partial charge in [-0.2, -0.15) is 18.3 Å². The number of halogens is 3. The summed E-state index contributed by atoms with van der Waals surface area (Å²) < 4.78 is 75.0. The Morgan fingerprint density at radius 1 is 1.32 bits per heavy atom. The van der Waals surface area contributed by atoms with Crippen LogP contribution in [0.25, 0.3) is 5.69 Å². The number of hydrogen-bond acceptors (Lipinski definition) is 5. The quantitative estimate of drug-likeness (QED) is 0.778. The van der Waals surface area contributed by atoms with Gasteiger partial charge in [0.1, 0.15) is 5.75 Å². The third kappa shape index (κ3) is 4.83. The normalized spacial score (nSPS) is 20.9. The van der Waals surface area contributed by atoms with Crippen LogP contribution in [0.1, 0.15) is 12.0 Å². The van der Waals surface area contributed by atoms with Gasteiger partial charge >= 0.3 is 15.5 Å². The van der Waals surface area contributed by atoms with Crippen molar-refractivity contribution in [2.75, 3.05) is 19.8 Å². The molecular weight excluding hydrogens is 399 g/mol. The van der Waals surface area contributed by atoms with E-state index in [1.54, 1.807) is 39.9 Å². The lowest BCUT2D eigenvalue weighted by Gasteiger charge is -2.32. The molecular formula is C17H20F3N3O4S. The Morgan fingerprint density at radius 3 is 2.64 bits per heavy atom. The van der Waals surface area contributed by atoms with E-state index < -0.39 is 27.5 Å². The SMILES string of the molecule is Cc1cnn(-c2ccc(OCC3COCCC3NS(=O)(=O)C(F)(F)F)cc2)c1. The summed E-state index contributed by atoms with van der Waals surface area (Å²) in [6.07, 6.45) is 3.74. The molecule has 7 nitrogen and oxygen atoms in total. The summed E-state index contributed by atoms with van der Waals surface area (Å²) in [6, 6.07) is 6.11. The summed E-state index contributed by atoms with van der Waals surface area (Å²) in [4.78, 5) is 0. The number of rotatable bonds is 6. The maximum absolute atomic E-state index is 12.6. The predicted octanol–water partition coefficient (Wildman–Crippen LogP) is 2.40. The first-order valence-corrected chi connectivity index (χ1v) is 10.0. The Kier molecular flexibility index (Phi) is 5.96. The van der Waals surface area contributed by atoms with Crippen LogP contribution in [0.4, 0.5) is 13.2 Å². The molecule has 0 radical (unpaired) electrons. The van der Waals surface area contributed by atoms with Gasteiger partial charge in [-0.25, -0.2) is 17.8 Å². The lowest BCUT2D eigenvalue weighted by Crippen LogP contribution is -2.50. The predicted molar refractivity (Wildman–Crippen MR) is 94.6 cm³/mol. The van der Waals surface area contributed by atoms with E-state index in [2.05, 4.69) is 5.10 Å². The number of aromatic nitrogens is 2. The molecule has 2 atom stereocenters. The van der Waals surface area contributed by atoms with Crippen molar-refractivity contribution in [3.8, 4) is 11.4 Å². The number of nitrogens with one attached hydrogen (secondary N) is 1. The highest BCUT2D eigenvalue weighted by Crippen LogP contribution is 2.25. The van der Waals surface area contributed by atoms with E-state index in [-0.39, 0.29) is 26.2 Å². The fraction of sp³-hybridized carbons (Fsp3) is 0.471. The number of alkyl halides is 3. The van der Waals surface area contributed by atoms with Gasteiger partial charge in [-0.15, -0.1) is 0 Å². The fourth-order valence-corrected chi connectivity index (χ4v) is 3.68. The molecule has 0 spiro atoms. The number of ether oxygens (including phenoxy) is 2. The Labute approximate surface area is 160 Å². The summed E-state index contributed by atoms with van der Waals surface area (Å²) in [7, 11) is -5.42. The minimum atomic E-state index is -5.42. The van der Waals surface area contributed by atoms with Gasteiger partial charge < -0.3 is 9.47 Å². The third-order valence-electron chi connectivity index (χ3n) is 4.36. The second-order valence-electron chi connectivity index (χ2n) is 6.56. The summed E-state index contributed by atoms with van der Waals surface area (Å²) in [5.41, 5.74) is -3.50. The molecule has 0 aliphatic carbocycles. The molecule has 1 aromatic heterocycles. The van der Waals surface area contributed by atoms with Gasteiger partial charge in [0.15, 0.2) is 0 Å². The summed E-state index contributed by atoms with van der Waals surface area (Å²) >= 11 is 0. The maximum atomic E-state index is 12.6. The van der Waals surface area contributed by atoms with Crippen LogP contribution in [0.5, 0.6) is 5.75 Å². The van der Waals surface area contributed by atoms with Crippen molar-refractivity contribution < 1.29 is 31.1 Å². The first kappa shape index (κ1) is 20.6. The minimum Gasteiger partial charge on any atom is -0.493 e. The zero-order valence-corrected chi connectivity index (χ0v) is 15.8. The molecule has 2 unspecified atom stereocenters. The van der Waals surface area contributed by atoms with E-state index in [0.717, 1.165) is 11.3 Å². The molecule has 1 N–H and O–H groups in total. The topological polar surface area (TPSA) is 82.4 Å². The lowest BCUT2D eigenvalue weighted by molar-refractivity contribution is -0.0467. The van der Waals surface area contributed by atoms with Crippen molar-refractivity contribution in [2.24, 2.45) is 5.92 Å². The van der Waals surface area contributed by atoms with Crippen LogP contribution >= 0.6 is 0 Å². The number of sulfonamides is 1. The van der Waals surface area contributed by atoms with Crippen LogP contribution in [-0.4, -0.2) is 49.6 Å². The summed E-state index contributed by atoms with van der Waals surface area (Å²) in [5, 5.41) is 4.20. The lowest BCUT2D eigenvalue weighted by atomic mass is 9.98. The van der Waals surface area contributed by atoms with Crippen molar-refractivity contribution in [3.05, 3.63) is 42.2 Å². The molecule has 2 aromatic rings. The van der Waals surface area contributed by atoms with Gasteiger partial charge in [0.2, 0.25) is 0 Å². The highest BCUT2D eigenvalue weighted by molar-refractivity contribution is 7.90. The third-order valence-corrected chi connectivity index (χ3v) is 5.58. The smallest absolute Gasteiger partial charge is 0.493 e. The van der Waals surface area contributed by atoms with E-state index in [9.17, 15) is 21.6 Å². The van der Waals surface area contributed by atoms with Gasteiger partial charge in [-0.1, -0.05) is 0 Å². The van der Waals surface area contributed by atoms with Crippen LogP contribution < -0.4 is 9.46 Å². The summed E-state index contributed by atoms with van der Waals surface area (Å²) in [5.74, 6) is -0.0325. The molecule has 11 heteroatoms. The number of aryl methyl sites for hydroxylation is 1. The van der Waals surface area contributed by atoms with Crippen molar-refractivity contribution in [3.63, 3.8) is 0 Å². The zero-order valence-electron chi connectivity index (χ0n) is 15.0. The van der Waals surface area contributed by atoms with Crippen molar-refractivity contribution in [2.45, 2.75) is 24.9 Å². The Morgan fingerprint density at radius 2 is 2.04 bits per heavy atom. The first-order chi connectivity index (χ1) is 13.2. The number of benzene rings is 1. The number of hydrogen-bond donors (Lipinski definition) is 1. The van der Waals surface area contributed by atoms with Crippen molar-refractivity contribution in [1.82, 2.24) is 14.5 Å². The molecule has 2 heterocycles. The standard InChI is InChI=1S/C17H20F3N3O4S/c1-12-8-21-23(9-12)14-2-4-15(5-3-14)27-11-13-10-26-7-6-16(13)22-28(24,25)17(18,19)20/h2-5,8-9,13,16,22H,6-7,10-11H2,1H3. The fourth-order valence-electron chi connectivity index (χ4n) is 2.83. The molecule has 0 bridgehead atoms. The molecule has 1 saturated heterocycles. The van der Waals surface area contributed by atoms with Gasteiger partial charge in [0.05, 0.1) is 25.1 Å². The second-order valence-corrected chi connectivity index (χ2v) is 8.27. The average Bonchev–Trinajstić information content (AvgIpc) is 3.07. The Balaban J connectivity index is 1.62. The number of nitrogens with zero attached hydrogens (tertiary/aromatic N) is 2. The maximum Gasteiger partial charge on any atom is 0.511 e. The summed E-state index contributed by atoms with van der Waals surface area (Å²) in [6.45, 7) is 2.23. The van der Waals surface area contributed by atoms with Crippen molar-refractivity contribution >= 4 is 10.0 Å². The van der Waals surface area contributed by atoms with Crippen LogP contribution in [0, 0.1) is 12.8 Å². The van der Waals surface area contributed by atoms with Gasteiger partial charge in [-0.3, -0.25) is 0 Å². The largest absolute Gasteiger partial charge is 0.511 e. The average molecular weight is 419 g/mol. The van der Waals surface area contributed by atoms with Crippen LogP contribution in [0.3, 0.4) is 0 Å². The van der Waals surface area contributed by atoms with Crippen LogP contribution in [0.15, 0.2) is 36.7 Å². The Bertz CT molecular complexity index is 897. The van der Waals surface area contributed by atoms with Gasteiger partial charge in [0.25, 0.3) is 0 Å². The van der Waals surface area contributed by atoms with Gasteiger partial charge in [0, 0.05) is 24.8 Å².